The normalized spacial score (nSPS) is 14.4. The van der Waals surface area contributed by atoms with E-state index in [2.05, 4.69) is 6.07 Å². The van der Waals surface area contributed by atoms with Crippen molar-refractivity contribution in [2.24, 2.45) is 0 Å². The van der Waals surface area contributed by atoms with Gasteiger partial charge >= 0.3 is 0 Å². The number of hydrogen-bond donors (Lipinski definition) is 1. The van der Waals surface area contributed by atoms with E-state index in [9.17, 15) is 4.79 Å². The highest BCUT2D eigenvalue weighted by atomic mass is 16.2. The van der Waals surface area contributed by atoms with Crippen LogP contribution in [0.15, 0.2) is 42.5 Å². The minimum absolute atomic E-state index is 0.00514. The molecular formula is C18H20N2O. The molecule has 0 atom stereocenters. The molecule has 1 aliphatic rings. The number of aryl methyl sites for hydroxylation is 2. The molecule has 21 heavy (non-hydrogen) atoms. The molecule has 3 nitrogen and oxygen atoms in total. The molecule has 0 saturated heterocycles. The van der Waals surface area contributed by atoms with Crippen molar-refractivity contribution in [1.82, 2.24) is 0 Å². The largest absolute Gasteiger partial charge is 0.398 e. The summed E-state index contributed by atoms with van der Waals surface area (Å²) >= 11 is 0. The van der Waals surface area contributed by atoms with Gasteiger partial charge in [-0.3, -0.25) is 4.79 Å². The molecule has 0 unspecified atom stereocenters. The minimum Gasteiger partial charge on any atom is -0.398 e. The molecule has 0 aromatic heterocycles. The van der Waals surface area contributed by atoms with Crippen molar-refractivity contribution in [2.45, 2.75) is 26.2 Å². The third kappa shape index (κ3) is 2.51. The predicted octanol–water partition coefficient (Wildman–Crippen LogP) is 3.56. The molecule has 1 amide bonds. The fourth-order valence-corrected chi connectivity index (χ4v) is 2.91. The number of carbonyl (C=O) groups is 1. The lowest BCUT2D eigenvalue weighted by Crippen LogP contribution is -2.32. The van der Waals surface area contributed by atoms with E-state index >= 15 is 0 Å². The van der Waals surface area contributed by atoms with Crippen LogP contribution in [-0.4, -0.2) is 12.5 Å². The van der Waals surface area contributed by atoms with E-state index in [0.717, 1.165) is 37.1 Å². The highest BCUT2D eigenvalue weighted by Crippen LogP contribution is 2.29. The number of rotatable bonds is 1. The number of fused-ring (bicyclic) bond motifs is 1. The zero-order valence-corrected chi connectivity index (χ0v) is 12.3. The van der Waals surface area contributed by atoms with Crippen molar-refractivity contribution in [3.63, 3.8) is 0 Å². The summed E-state index contributed by atoms with van der Waals surface area (Å²) in [5.74, 6) is 0.00514. The third-order valence-electron chi connectivity index (χ3n) is 4.16. The van der Waals surface area contributed by atoms with Gasteiger partial charge in [-0.25, -0.2) is 0 Å². The van der Waals surface area contributed by atoms with Crippen LogP contribution in [0.1, 0.15) is 34.3 Å². The molecule has 2 aromatic carbocycles. The van der Waals surface area contributed by atoms with Crippen LogP contribution >= 0.6 is 0 Å². The zero-order valence-electron chi connectivity index (χ0n) is 12.3. The van der Waals surface area contributed by atoms with Gasteiger partial charge in [-0.05, 0) is 49.4 Å². The second-order valence-corrected chi connectivity index (χ2v) is 5.58. The molecule has 1 aliphatic heterocycles. The van der Waals surface area contributed by atoms with E-state index in [1.165, 1.54) is 5.56 Å². The Kier molecular flexibility index (Phi) is 3.65. The topological polar surface area (TPSA) is 46.3 Å². The summed E-state index contributed by atoms with van der Waals surface area (Å²) in [6.45, 7) is 2.69. The maximum atomic E-state index is 12.9. The Morgan fingerprint density at radius 3 is 2.76 bits per heavy atom. The summed E-state index contributed by atoms with van der Waals surface area (Å²) in [4.78, 5) is 14.8. The van der Waals surface area contributed by atoms with Crippen LogP contribution in [0.5, 0.6) is 0 Å². The third-order valence-corrected chi connectivity index (χ3v) is 4.16. The van der Waals surface area contributed by atoms with Crippen LogP contribution in [0.3, 0.4) is 0 Å². The summed E-state index contributed by atoms with van der Waals surface area (Å²) in [7, 11) is 0. The Labute approximate surface area is 125 Å². The van der Waals surface area contributed by atoms with E-state index in [-0.39, 0.29) is 5.91 Å². The van der Waals surface area contributed by atoms with Crippen molar-refractivity contribution in [2.75, 3.05) is 17.2 Å². The summed E-state index contributed by atoms with van der Waals surface area (Å²) in [6, 6.07) is 13.8. The Hall–Kier alpha value is -2.29. The van der Waals surface area contributed by atoms with Gasteiger partial charge in [0.1, 0.15) is 0 Å². The molecule has 2 aromatic rings. The molecular weight excluding hydrogens is 260 g/mol. The van der Waals surface area contributed by atoms with Crippen molar-refractivity contribution in [3.05, 3.63) is 59.2 Å². The Balaban J connectivity index is 2.03. The Morgan fingerprint density at radius 2 is 1.90 bits per heavy atom. The van der Waals surface area contributed by atoms with E-state index < -0.39 is 0 Å². The molecule has 1 heterocycles. The van der Waals surface area contributed by atoms with Gasteiger partial charge in [-0.15, -0.1) is 0 Å². The average Bonchev–Trinajstić information content (AvgIpc) is 2.72. The quantitative estimate of drug-likeness (QED) is 0.812. The van der Waals surface area contributed by atoms with Crippen LogP contribution < -0.4 is 10.6 Å². The van der Waals surface area contributed by atoms with Gasteiger partial charge in [-0.2, -0.15) is 0 Å². The van der Waals surface area contributed by atoms with E-state index in [1.807, 2.05) is 48.2 Å². The molecule has 0 fully saturated rings. The molecule has 2 N–H and O–H groups in total. The zero-order chi connectivity index (χ0) is 14.8. The lowest BCUT2D eigenvalue weighted by molar-refractivity contribution is 0.0987. The number of nitrogen functional groups attached to an aromatic ring is 1. The van der Waals surface area contributed by atoms with Crippen LogP contribution in [-0.2, 0) is 6.42 Å². The molecule has 0 bridgehead atoms. The first-order valence-electron chi connectivity index (χ1n) is 7.43. The summed E-state index contributed by atoms with van der Waals surface area (Å²) in [5.41, 5.74) is 10.5. The number of hydrogen-bond acceptors (Lipinski definition) is 2. The van der Waals surface area contributed by atoms with Crippen molar-refractivity contribution in [1.29, 1.82) is 0 Å². The predicted molar refractivity (Wildman–Crippen MR) is 86.6 cm³/mol. The first kappa shape index (κ1) is 13.7. The Morgan fingerprint density at radius 1 is 1.10 bits per heavy atom. The maximum Gasteiger partial charge on any atom is 0.260 e. The van der Waals surface area contributed by atoms with Gasteiger partial charge in [0, 0.05) is 17.9 Å². The molecule has 0 radical (unpaired) electrons. The second kappa shape index (κ2) is 5.60. The molecule has 0 saturated carbocycles. The van der Waals surface area contributed by atoms with Crippen LogP contribution in [0.2, 0.25) is 0 Å². The number of carbonyl (C=O) groups excluding carboxylic acids is 1. The maximum absolute atomic E-state index is 12.9. The molecule has 3 rings (SSSR count). The minimum atomic E-state index is 0.00514. The average molecular weight is 280 g/mol. The summed E-state index contributed by atoms with van der Waals surface area (Å²) in [6.07, 6.45) is 3.17. The van der Waals surface area contributed by atoms with Gasteiger partial charge in [0.2, 0.25) is 0 Å². The van der Waals surface area contributed by atoms with Gasteiger partial charge in [0.25, 0.3) is 5.91 Å². The van der Waals surface area contributed by atoms with E-state index in [0.29, 0.717) is 11.3 Å². The van der Waals surface area contributed by atoms with Gasteiger partial charge in [0.15, 0.2) is 0 Å². The number of amides is 1. The SMILES string of the molecule is Cc1cccc(C(=O)N2CCCCc3ccccc32)c1N. The van der Waals surface area contributed by atoms with Gasteiger partial charge in [0.05, 0.1) is 5.56 Å². The Bertz CT molecular complexity index is 679. The first-order chi connectivity index (χ1) is 10.2. The monoisotopic (exact) mass is 280 g/mol. The van der Waals surface area contributed by atoms with Crippen LogP contribution in [0.4, 0.5) is 11.4 Å². The summed E-state index contributed by atoms with van der Waals surface area (Å²) < 4.78 is 0. The lowest BCUT2D eigenvalue weighted by atomic mass is 10.1. The van der Waals surface area contributed by atoms with E-state index in [1.54, 1.807) is 0 Å². The second-order valence-electron chi connectivity index (χ2n) is 5.58. The highest BCUT2D eigenvalue weighted by molar-refractivity contribution is 6.10. The highest BCUT2D eigenvalue weighted by Gasteiger charge is 2.23. The number of nitrogens with two attached hydrogens (primary N) is 1. The molecule has 0 spiro atoms. The number of benzene rings is 2. The standard InChI is InChI=1S/C18H20N2O/c1-13-7-6-10-15(17(13)19)18(21)20-12-5-4-9-14-8-2-3-11-16(14)20/h2-3,6-8,10-11H,4-5,9,12,19H2,1H3. The number of para-hydroxylation sites is 2. The van der Waals surface area contributed by atoms with E-state index in [4.69, 9.17) is 5.73 Å². The van der Waals surface area contributed by atoms with Gasteiger partial charge < -0.3 is 10.6 Å². The fraction of sp³-hybridized carbons (Fsp3) is 0.278. The van der Waals surface area contributed by atoms with Crippen LogP contribution in [0.25, 0.3) is 0 Å². The van der Waals surface area contributed by atoms with Crippen molar-refractivity contribution < 1.29 is 4.79 Å². The number of anilines is 2. The summed E-state index contributed by atoms with van der Waals surface area (Å²) in [5, 5.41) is 0. The number of nitrogens with zero attached hydrogens (tertiary/aromatic N) is 1. The van der Waals surface area contributed by atoms with Gasteiger partial charge in [-0.1, -0.05) is 30.3 Å². The molecule has 108 valence electrons. The molecule has 3 heteroatoms. The first-order valence-corrected chi connectivity index (χ1v) is 7.43. The molecule has 0 aliphatic carbocycles. The smallest absolute Gasteiger partial charge is 0.260 e. The van der Waals surface area contributed by atoms with Crippen molar-refractivity contribution >= 4 is 17.3 Å². The van der Waals surface area contributed by atoms with Crippen LogP contribution in [0, 0.1) is 6.92 Å². The lowest BCUT2D eigenvalue weighted by Gasteiger charge is -2.24. The van der Waals surface area contributed by atoms with Crippen molar-refractivity contribution in [3.8, 4) is 0 Å². The fourth-order valence-electron chi connectivity index (χ4n) is 2.91.